The van der Waals surface area contributed by atoms with Crippen LogP contribution >= 0.6 is 11.3 Å². The van der Waals surface area contributed by atoms with Crippen molar-refractivity contribution in [3.63, 3.8) is 0 Å². The third-order valence-corrected chi connectivity index (χ3v) is 4.24. The van der Waals surface area contributed by atoms with Crippen LogP contribution in [-0.2, 0) is 11.2 Å². The smallest absolute Gasteiger partial charge is 0.227 e. The molecule has 1 aromatic rings. The first kappa shape index (κ1) is 12.5. The maximum atomic E-state index is 12.1. The number of aryl methyl sites for hydroxylation is 2. The molecule has 0 atom stereocenters. The van der Waals surface area contributed by atoms with E-state index in [4.69, 9.17) is 0 Å². The lowest BCUT2D eigenvalue weighted by atomic mass is 10.2. The van der Waals surface area contributed by atoms with Gasteiger partial charge in [-0.15, -0.1) is 11.3 Å². The van der Waals surface area contributed by atoms with Gasteiger partial charge in [0.05, 0.1) is 17.1 Å². The zero-order valence-electron chi connectivity index (χ0n) is 10.7. The summed E-state index contributed by atoms with van der Waals surface area (Å²) in [5.41, 5.74) is 1.01. The molecule has 4 nitrogen and oxygen atoms in total. The van der Waals surface area contributed by atoms with Gasteiger partial charge in [0, 0.05) is 31.1 Å². The van der Waals surface area contributed by atoms with Crippen molar-refractivity contribution in [2.75, 3.05) is 33.2 Å². The van der Waals surface area contributed by atoms with Gasteiger partial charge in [0.25, 0.3) is 0 Å². The summed E-state index contributed by atoms with van der Waals surface area (Å²) in [6, 6.07) is 0. The van der Waals surface area contributed by atoms with Crippen LogP contribution in [0.15, 0.2) is 0 Å². The van der Waals surface area contributed by atoms with Crippen molar-refractivity contribution in [3.05, 3.63) is 15.6 Å². The molecule has 0 radical (unpaired) electrons. The molecular formula is C12H19N3OS. The van der Waals surface area contributed by atoms with E-state index in [9.17, 15) is 4.79 Å². The summed E-state index contributed by atoms with van der Waals surface area (Å²) in [6.07, 6.45) is 0.515. The number of hydrogen-bond acceptors (Lipinski definition) is 4. The first-order valence-corrected chi connectivity index (χ1v) is 6.77. The van der Waals surface area contributed by atoms with E-state index >= 15 is 0 Å². The van der Waals surface area contributed by atoms with E-state index in [0.29, 0.717) is 6.42 Å². The number of nitrogens with zero attached hydrogens (tertiary/aromatic N) is 3. The fourth-order valence-corrected chi connectivity index (χ4v) is 2.97. The van der Waals surface area contributed by atoms with Gasteiger partial charge in [0.2, 0.25) is 5.91 Å². The van der Waals surface area contributed by atoms with Crippen molar-refractivity contribution in [2.45, 2.75) is 20.3 Å². The zero-order valence-corrected chi connectivity index (χ0v) is 11.5. The van der Waals surface area contributed by atoms with Gasteiger partial charge >= 0.3 is 0 Å². The topological polar surface area (TPSA) is 36.4 Å². The first-order valence-electron chi connectivity index (χ1n) is 5.95. The minimum Gasteiger partial charge on any atom is -0.340 e. The van der Waals surface area contributed by atoms with Crippen LogP contribution in [0.4, 0.5) is 0 Å². The van der Waals surface area contributed by atoms with Crippen LogP contribution in [0.5, 0.6) is 0 Å². The molecule has 0 spiro atoms. The average Bonchev–Trinajstić information content (AvgIpc) is 2.58. The highest BCUT2D eigenvalue weighted by Gasteiger charge is 2.20. The van der Waals surface area contributed by atoms with Crippen LogP contribution in [0.1, 0.15) is 15.6 Å². The Balaban J connectivity index is 1.95. The molecule has 0 aliphatic carbocycles. The highest BCUT2D eigenvalue weighted by molar-refractivity contribution is 7.11. The van der Waals surface area contributed by atoms with Gasteiger partial charge in [-0.3, -0.25) is 4.79 Å². The summed E-state index contributed by atoms with van der Waals surface area (Å²) < 4.78 is 0. The molecule has 1 amide bonds. The highest BCUT2D eigenvalue weighted by Crippen LogP contribution is 2.18. The molecule has 1 saturated heterocycles. The third kappa shape index (κ3) is 3.04. The second-order valence-electron chi connectivity index (χ2n) is 4.60. The maximum Gasteiger partial charge on any atom is 0.227 e. The van der Waals surface area contributed by atoms with Gasteiger partial charge in [-0.25, -0.2) is 4.98 Å². The Morgan fingerprint density at radius 1 is 1.29 bits per heavy atom. The minimum absolute atomic E-state index is 0.241. The molecule has 94 valence electrons. The first-order chi connectivity index (χ1) is 8.06. The predicted molar refractivity (Wildman–Crippen MR) is 69.4 cm³/mol. The Bertz CT molecular complexity index is 408. The SMILES string of the molecule is Cc1nc(C)c(CC(=O)N2CCN(C)CC2)s1. The van der Waals surface area contributed by atoms with Gasteiger partial charge in [-0.05, 0) is 20.9 Å². The lowest BCUT2D eigenvalue weighted by Gasteiger charge is -2.32. The highest BCUT2D eigenvalue weighted by atomic mass is 32.1. The van der Waals surface area contributed by atoms with Crippen molar-refractivity contribution in [3.8, 4) is 0 Å². The predicted octanol–water partition coefficient (Wildman–Crippen LogP) is 1.08. The number of piperazine rings is 1. The van der Waals surface area contributed by atoms with Crippen LogP contribution in [0.25, 0.3) is 0 Å². The zero-order chi connectivity index (χ0) is 12.4. The standard InChI is InChI=1S/C12H19N3OS/c1-9-11(17-10(2)13-9)8-12(16)15-6-4-14(3)5-7-15/h4-8H2,1-3H3. The van der Waals surface area contributed by atoms with Crippen LogP contribution in [0, 0.1) is 13.8 Å². The van der Waals surface area contributed by atoms with Gasteiger partial charge in [0.15, 0.2) is 0 Å². The van der Waals surface area contributed by atoms with Crippen molar-refractivity contribution in [1.82, 2.24) is 14.8 Å². The molecule has 1 fully saturated rings. The molecule has 5 heteroatoms. The van der Waals surface area contributed by atoms with E-state index in [-0.39, 0.29) is 5.91 Å². The number of thiazole rings is 1. The molecule has 2 rings (SSSR count). The van der Waals surface area contributed by atoms with Crippen LogP contribution in [0.2, 0.25) is 0 Å². The molecule has 0 bridgehead atoms. The van der Waals surface area contributed by atoms with E-state index in [2.05, 4.69) is 16.9 Å². The largest absolute Gasteiger partial charge is 0.340 e. The van der Waals surface area contributed by atoms with Gasteiger partial charge in [0.1, 0.15) is 0 Å². The van der Waals surface area contributed by atoms with Crippen molar-refractivity contribution in [1.29, 1.82) is 0 Å². The molecule has 1 aliphatic heterocycles. The van der Waals surface area contributed by atoms with Crippen LogP contribution in [-0.4, -0.2) is 53.9 Å². The molecule has 0 N–H and O–H groups in total. The van der Waals surface area contributed by atoms with Crippen molar-refractivity contribution in [2.24, 2.45) is 0 Å². The fourth-order valence-electron chi connectivity index (χ4n) is 2.04. The fraction of sp³-hybridized carbons (Fsp3) is 0.667. The van der Waals surface area contributed by atoms with E-state index in [0.717, 1.165) is 41.8 Å². The average molecular weight is 253 g/mol. The normalized spacial score (nSPS) is 17.5. The molecular weight excluding hydrogens is 234 g/mol. The van der Waals surface area contributed by atoms with E-state index < -0.39 is 0 Å². The molecule has 1 aliphatic rings. The molecule has 0 unspecified atom stereocenters. The monoisotopic (exact) mass is 253 g/mol. The Hall–Kier alpha value is -0.940. The number of amides is 1. The second-order valence-corrected chi connectivity index (χ2v) is 5.89. The maximum absolute atomic E-state index is 12.1. The second kappa shape index (κ2) is 5.14. The third-order valence-electron chi connectivity index (χ3n) is 3.17. The van der Waals surface area contributed by atoms with Crippen molar-refractivity contribution < 1.29 is 4.79 Å². The number of rotatable bonds is 2. The summed E-state index contributed by atoms with van der Waals surface area (Å²) in [7, 11) is 2.10. The number of carbonyl (C=O) groups excluding carboxylic acids is 1. The number of likely N-dealkylation sites (N-methyl/N-ethyl adjacent to an activating group) is 1. The lowest BCUT2D eigenvalue weighted by molar-refractivity contribution is -0.131. The summed E-state index contributed by atoms with van der Waals surface area (Å²) in [5, 5.41) is 1.05. The molecule has 17 heavy (non-hydrogen) atoms. The molecule has 0 saturated carbocycles. The summed E-state index contributed by atoms with van der Waals surface area (Å²) in [5.74, 6) is 0.241. The van der Waals surface area contributed by atoms with Gasteiger partial charge in [-0.2, -0.15) is 0 Å². The quantitative estimate of drug-likeness (QED) is 0.791. The number of carbonyl (C=O) groups is 1. The molecule has 2 heterocycles. The minimum atomic E-state index is 0.241. The van der Waals surface area contributed by atoms with Gasteiger partial charge < -0.3 is 9.80 Å². The van der Waals surface area contributed by atoms with Crippen LogP contribution < -0.4 is 0 Å². The number of aromatic nitrogens is 1. The lowest BCUT2D eigenvalue weighted by Crippen LogP contribution is -2.47. The van der Waals surface area contributed by atoms with E-state index in [1.807, 2.05) is 18.7 Å². The van der Waals surface area contributed by atoms with Crippen molar-refractivity contribution >= 4 is 17.2 Å². The van der Waals surface area contributed by atoms with Crippen LogP contribution in [0.3, 0.4) is 0 Å². The summed E-state index contributed by atoms with van der Waals surface area (Å²) in [4.78, 5) is 21.8. The Morgan fingerprint density at radius 2 is 1.94 bits per heavy atom. The van der Waals surface area contributed by atoms with E-state index in [1.54, 1.807) is 11.3 Å². The Morgan fingerprint density at radius 3 is 2.47 bits per heavy atom. The number of hydrogen-bond donors (Lipinski definition) is 0. The van der Waals surface area contributed by atoms with Gasteiger partial charge in [-0.1, -0.05) is 0 Å². The summed E-state index contributed by atoms with van der Waals surface area (Å²) >= 11 is 1.64. The Labute approximate surface area is 106 Å². The van der Waals surface area contributed by atoms with E-state index in [1.165, 1.54) is 0 Å². The Kier molecular flexibility index (Phi) is 3.79. The molecule has 1 aromatic heterocycles. The molecule has 0 aromatic carbocycles. The summed E-state index contributed by atoms with van der Waals surface area (Å²) in [6.45, 7) is 7.63.